The van der Waals surface area contributed by atoms with E-state index in [0.29, 0.717) is 5.92 Å². The van der Waals surface area contributed by atoms with Gasteiger partial charge in [-0.3, -0.25) is 0 Å². The summed E-state index contributed by atoms with van der Waals surface area (Å²) in [6.45, 7) is 1.14. The Labute approximate surface area is 94.7 Å². The van der Waals surface area contributed by atoms with Crippen LogP contribution >= 0.6 is 11.5 Å². The molecule has 0 aliphatic heterocycles. The highest BCUT2D eigenvalue weighted by atomic mass is 32.1. The Morgan fingerprint density at radius 1 is 1.33 bits per heavy atom. The van der Waals surface area contributed by atoms with Gasteiger partial charge in [-0.05, 0) is 25.2 Å². The fourth-order valence-electron chi connectivity index (χ4n) is 1.77. The lowest BCUT2D eigenvalue weighted by atomic mass is 10.3. The van der Waals surface area contributed by atoms with Gasteiger partial charge in [-0.15, -0.1) is 0 Å². The zero-order valence-electron chi connectivity index (χ0n) is 9.15. The molecule has 2 saturated carbocycles. The van der Waals surface area contributed by atoms with Gasteiger partial charge in [-0.25, -0.2) is 4.98 Å². The average Bonchev–Trinajstić information content (AvgIpc) is 3.15. The van der Waals surface area contributed by atoms with E-state index in [2.05, 4.69) is 21.3 Å². The molecule has 1 aromatic heterocycles. The van der Waals surface area contributed by atoms with E-state index >= 15 is 0 Å². The Kier molecular flexibility index (Phi) is 2.39. The summed E-state index contributed by atoms with van der Waals surface area (Å²) < 4.78 is 4.43. The molecule has 0 amide bonds. The first-order chi connectivity index (χ1) is 7.33. The van der Waals surface area contributed by atoms with Crippen LogP contribution in [0.5, 0.6) is 0 Å². The minimum absolute atomic E-state index is 0.687. The van der Waals surface area contributed by atoms with Gasteiger partial charge in [0.25, 0.3) is 0 Å². The molecule has 2 aliphatic rings. The predicted molar refractivity (Wildman–Crippen MR) is 62.5 cm³/mol. The molecule has 0 unspecified atom stereocenters. The fraction of sp³-hybridized carbons (Fsp3) is 0.818. The average molecular weight is 223 g/mol. The molecule has 4 heteroatoms. The second-order valence-electron chi connectivity index (χ2n) is 4.86. The first-order valence-corrected chi connectivity index (χ1v) is 6.65. The molecule has 3 nitrogen and oxygen atoms in total. The van der Waals surface area contributed by atoms with Gasteiger partial charge in [-0.1, -0.05) is 12.8 Å². The van der Waals surface area contributed by atoms with Crippen LogP contribution in [0, 0.1) is 5.92 Å². The molecule has 0 spiro atoms. The first kappa shape index (κ1) is 9.58. The third kappa shape index (κ3) is 2.30. The lowest BCUT2D eigenvalue weighted by Gasteiger charge is -2.14. The van der Waals surface area contributed by atoms with Crippen LogP contribution in [0.25, 0.3) is 0 Å². The van der Waals surface area contributed by atoms with Gasteiger partial charge >= 0.3 is 0 Å². The van der Waals surface area contributed by atoms with E-state index in [9.17, 15) is 0 Å². The summed E-state index contributed by atoms with van der Waals surface area (Å²) in [5.74, 6) is 2.78. The van der Waals surface area contributed by atoms with Crippen LogP contribution in [0.2, 0.25) is 0 Å². The molecule has 0 N–H and O–H groups in total. The van der Waals surface area contributed by atoms with E-state index in [1.165, 1.54) is 32.1 Å². The van der Waals surface area contributed by atoms with E-state index in [1.54, 1.807) is 11.5 Å². The number of hydrogen-bond acceptors (Lipinski definition) is 4. The van der Waals surface area contributed by atoms with E-state index in [1.807, 2.05) is 0 Å². The maximum absolute atomic E-state index is 4.60. The van der Waals surface area contributed by atoms with Crippen molar-refractivity contribution in [2.45, 2.75) is 38.0 Å². The molecule has 0 aromatic carbocycles. The van der Waals surface area contributed by atoms with Gasteiger partial charge in [0.2, 0.25) is 5.13 Å². The topological polar surface area (TPSA) is 29.0 Å². The molecule has 0 saturated heterocycles. The van der Waals surface area contributed by atoms with Gasteiger partial charge in [0.05, 0.1) is 0 Å². The van der Waals surface area contributed by atoms with Crippen LogP contribution < -0.4 is 4.90 Å². The van der Waals surface area contributed by atoms with Gasteiger partial charge in [0.15, 0.2) is 0 Å². The first-order valence-electron chi connectivity index (χ1n) is 5.87. The van der Waals surface area contributed by atoms with Crippen molar-refractivity contribution in [2.24, 2.45) is 5.92 Å². The van der Waals surface area contributed by atoms with E-state index in [-0.39, 0.29) is 0 Å². The largest absolute Gasteiger partial charge is 0.350 e. The summed E-state index contributed by atoms with van der Waals surface area (Å²) in [6, 6.07) is 0. The van der Waals surface area contributed by atoms with Crippen LogP contribution in [0.15, 0.2) is 0 Å². The summed E-state index contributed by atoms with van der Waals surface area (Å²) in [6.07, 6.45) is 6.80. The summed E-state index contributed by atoms with van der Waals surface area (Å²) in [4.78, 5) is 6.87. The molecule has 15 heavy (non-hydrogen) atoms. The summed E-state index contributed by atoms with van der Waals surface area (Å²) in [7, 11) is 2.14. The van der Waals surface area contributed by atoms with E-state index in [4.69, 9.17) is 0 Å². The number of aromatic nitrogens is 2. The molecule has 3 rings (SSSR count). The number of nitrogens with zero attached hydrogens (tertiary/aromatic N) is 3. The maximum Gasteiger partial charge on any atom is 0.204 e. The van der Waals surface area contributed by atoms with Crippen molar-refractivity contribution in [2.75, 3.05) is 18.5 Å². The highest BCUT2D eigenvalue weighted by molar-refractivity contribution is 7.09. The smallest absolute Gasteiger partial charge is 0.204 e. The van der Waals surface area contributed by atoms with Crippen LogP contribution in [0.4, 0.5) is 5.13 Å². The number of hydrogen-bond donors (Lipinski definition) is 0. The molecule has 0 radical (unpaired) electrons. The zero-order chi connectivity index (χ0) is 10.3. The highest BCUT2D eigenvalue weighted by Gasteiger charge is 2.28. The third-order valence-electron chi connectivity index (χ3n) is 3.27. The standard InChI is InChI=1S/C11H17N3S/c1-14(7-6-8-2-3-8)11-12-10(13-15-11)9-4-5-9/h8-9H,2-7H2,1H3. The van der Waals surface area contributed by atoms with Crippen LogP contribution in [-0.4, -0.2) is 22.9 Å². The highest BCUT2D eigenvalue weighted by Crippen LogP contribution is 2.39. The Balaban J connectivity index is 1.57. The molecular weight excluding hydrogens is 206 g/mol. The van der Waals surface area contributed by atoms with Gasteiger partial charge < -0.3 is 4.90 Å². The predicted octanol–water partition coefficient (Wildman–Crippen LogP) is 2.65. The van der Waals surface area contributed by atoms with Gasteiger partial charge in [0.1, 0.15) is 5.82 Å². The van der Waals surface area contributed by atoms with Crippen molar-refractivity contribution in [3.8, 4) is 0 Å². The Bertz CT molecular complexity index is 341. The van der Waals surface area contributed by atoms with Crippen molar-refractivity contribution in [1.29, 1.82) is 0 Å². The maximum atomic E-state index is 4.60. The van der Waals surface area contributed by atoms with Crippen molar-refractivity contribution in [1.82, 2.24) is 9.36 Å². The van der Waals surface area contributed by atoms with E-state index in [0.717, 1.165) is 23.4 Å². The summed E-state index contributed by atoms with van der Waals surface area (Å²) in [5, 5.41) is 1.11. The van der Waals surface area contributed by atoms with Crippen molar-refractivity contribution in [3.05, 3.63) is 5.82 Å². The van der Waals surface area contributed by atoms with E-state index < -0.39 is 0 Å². The molecule has 0 atom stereocenters. The molecule has 1 heterocycles. The van der Waals surface area contributed by atoms with Crippen molar-refractivity contribution >= 4 is 16.7 Å². The van der Waals surface area contributed by atoms with Crippen molar-refractivity contribution in [3.63, 3.8) is 0 Å². The van der Waals surface area contributed by atoms with Crippen LogP contribution in [-0.2, 0) is 0 Å². The Morgan fingerprint density at radius 3 is 2.80 bits per heavy atom. The second kappa shape index (κ2) is 3.74. The van der Waals surface area contributed by atoms with Gasteiger partial charge in [-0.2, -0.15) is 4.37 Å². The molecule has 2 aliphatic carbocycles. The van der Waals surface area contributed by atoms with Gasteiger partial charge in [0, 0.05) is 31.0 Å². The third-order valence-corrected chi connectivity index (χ3v) is 4.11. The van der Waals surface area contributed by atoms with Crippen molar-refractivity contribution < 1.29 is 0 Å². The zero-order valence-corrected chi connectivity index (χ0v) is 9.96. The minimum atomic E-state index is 0.687. The number of anilines is 1. The normalized spacial score (nSPS) is 20.6. The SMILES string of the molecule is CN(CCC1CC1)c1nc(C2CC2)ns1. The summed E-state index contributed by atoms with van der Waals surface area (Å²) >= 11 is 1.56. The summed E-state index contributed by atoms with van der Waals surface area (Å²) in [5.41, 5.74) is 0. The number of rotatable bonds is 5. The Hall–Kier alpha value is -0.640. The monoisotopic (exact) mass is 223 g/mol. The second-order valence-corrected chi connectivity index (χ2v) is 5.59. The lowest BCUT2D eigenvalue weighted by molar-refractivity contribution is 0.709. The molecule has 1 aromatic rings. The lowest BCUT2D eigenvalue weighted by Crippen LogP contribution is -2.18. The molecule has 82 valence electrons. The molecule has 0 bridgehead atoms. The Morgan fingerprint density at radius 2 is 2.13 bits per heavy atom. The molecular formula is C11H17N3S. The molecule has 2 fully saturated rings. The minimum Gasteiger partial charge on any atom is -0.350 e. The quantitative estimate of drug-likeness (QED) is 0.768. The van der Waals surface area contributed by atoms with Crippen LogP contribution in [0.1, 0.15) is 43.8 Å². The van der Waals surface area contributed by atoms with Crippen LogP contribution in [0.3, 0.4) is 0 Å². The fourth-order valence-corrected chi connectivity index (χ4v) is 2.50.